The van der Waals surface area contributed by atoms with E-state index in [0.717, 1.165) is 26.2 Å². The second kappa shape index (κ2) is 5.57. The maximum absolute atomic E-state index is 12.5. The number of likely N-dealkylation sites (tertiary alicyclic amines) is 1. The van der Waals surface area contributed by atoms with E-state index in [0.29, 0.717) is 11.5 Å². The van der Waals surface area contributed by atoms with Gasteiger partial charge >= 0.3 is 0 Å². The highest BCUT2D eigenvalue weighted by Crippen LogP contribution is 2.37. The first-order valence-corrected chi connectivity index (χ1v) is 7.36. The first-order chi connectivity index (χ1) is 8.60. The lowest BCUT2D eigenvalue weighted by Crippen LogP contribution is -2.59. The van der Waals surface area contributed by atoms with Crippen LogP contribution in [0.2, 0.25) is 0 Å². The molecular weight excluding hydrogens is 226 g/mol. The van der Waals surface area contributed by atoms with Crippen LogP contribution in [0.3, 0.4) is 0 Å². The van der Waals surface area contributed by atoms with E-state index in [-0.39, 0.29) is 11.9 Å². The second-order valence-corrected chi connectivity index (χ2v) is 5.99. The fraction of sp³-hybridized carbons (Fsp3) is 0.929. The van der Waals surface area contributed by atoms with E-state index in [1.54, 1.807) is 0 Å². The number of carbonyl (C=O) groups excluding carboxylic acids is 1. The molecule has 2 N–H and O–H groups in total. The summed E-state index contributed by atoms with van der Waals surface area (Å²) in [5, 5.41) is 6.73. The third-order valence-corrected chi connectivity index (χ3v) is 4.89. The van der Waals surface area contributed by atoms with Crippen LogP contribution < -0.4 is 10.6 Å². The number of amides is 1. The Morgan fingerprint density at radius 2 is 2.00 bits per heavy atom. The molecule has 2 saturated heterocycles. The Labute approximate surface area is 110 Å². The molecule has 2 fully saturated rings. The molecule has 2 heterocycles. The molecule has 2 aliphatic rings. The van der Waals surface area contributed by atoms with Crippen LogP contribution in [-0.2, 0) is 4.79 Å². The zero-order valence-electron chi connectivity index (χ0n) is 12.0. The largest absolute Gasteiger partial charge is 0.341 e. The number of carbonyl (C=O) groups is 1. The number of nitrogens with zero attached hydrogens (tertiary/aromatic N) is 1. The van der Waals surface area contributed by atoms with Crippen molar-refractivity contribution in [3.8, 4) is 0 Å². The van der Waals surface area contributed by atoms with E-state index in [1.807, 2.05) is 0 Å². The lowest BCUT2D eigenvalue weighted by Gasteiger charge is -2.32. The van der Waals surface area contributed by atoms with Gasteiger partial charge in [0, 0.05) is 32.2 Å². The molecule has 0 aliphatic carbocycles. The Bertz CT molecular complexity index is 293. The highest BCUT2D eigenvalue weighted by atomic mass is 16.2. The normalized spacial score (nSPS) is 31.6. The molecule has 0 radical (unpaired) electrons. The van der Waals surface area contributed by atoms with Gasteiger partial charge in [0.1, 0.15) is 0 Å². The van der Waals surface area contributed by atoms with Crippen LogP contribution in [0.5, 0.6) is 0 Å². The first kappa shape index (κ1) is 13.8. The average Bonchev–Trinajstić information content (AvgIpc) is 2.84. The summed E-state index contributed by atoms with van der Waals surface area (Å²) in [7, 11) is 0. The van der Waals surface area contributed by atoms with E-state index in [1.165, 1.54) is 19.3 Å². The minimum atomic E-state index is -0.0225. The van der Waals surface area contributed by atoms with Crippen LogP contribution in [0.4, 0.5) is 0 Å². The summed E-state index contributed by atoms with van der Waals surface area (Å²) in [6.45, 7) is 10.2. The molecule has 1 amide bonds. The van der Waals surface area contributed by atoms with Crippen LogP contribution in [0, 0.1) is 5.41 Å². The molecule has 2 unspecified atom stereocenters. The van der Waals surface area contributed by atoms with E-state index < -0.39 is 0 Å². The summed E-state index contributed by atoms with van der Waals surface area (Å²) in [5.41, 5.74) is 0.380. The van der Waals surface area contributed by atoms with Crippen molar-refractivity contribution >= 4 is 5.91 Å². The number of hydrogen-bond donors (Lipinski definition) is 2. The van der Waals surface area contributed by atoms with Crippen LogP contribution in [0.15, 0.2) is 0 Å². The fourth-order valence-corrected chi connectivity index (χ4v) is 3.13. The van der Waals surface area contributed by atoms with Gasteiger partial charge in [-0.1, -0.05) is 13.8 Å². The van der Waals surface area contributed by atoms with E-state index in [2.05, 4.69) is 36.3 Å². The van der Waals surface area contributed by atoms with Gasteiger partial charge in [0.2, 0.25) is 5.91 Å². The quantitative estimate of drug-likeness (QED) is 0.788. The Morgan fingerprint density at radius 3 is 2.50 bits per heavy atom. The van der Waals surface area contributed by atoms with Crippen molar-refractivity contribution in [3.05, 3.63) is 0 Å². The topological polar surface area (TPSA) is 44.4 Å². The van der Waals surface area contributed by atoms with Crippen molar-refractivity contribution in [3.63, 3.8) is 0 Å². The van der Waals surface area contributed by atoms with Gasteiger partial charge < -0.3 is 15.5 Å². The van der Waals surface area contributed by atoms with Gasteiger partial charge in [0.15, 0.2) is 0 Å². The average molecular weight is 253 g/mol. The Kier molecular flexibility index (Phi) is 4.28. The summed E-state index contributed by atoms with van der Waals surface area (Å²) in [5.74, 6) is 0.290. The third-order valence-electron chi connectivity index (χ3n) is 4.89. The SMILES string of the molecule is CCC1(CC)CCN(C(=O)C2CNC(C)CN2)C1. The molecule has 0 bridgehead atoms. The molecule has 0 spiro atoms. The minimum absolute atomic E-state index is 0.0225. The van der Waals surface area contributed by atoms with Gasteiger partial charge in [-0.2, -0.15) is 0 Å². The Morgan fingerprint density at radius 1 is 1.28 bits per heavy atom. The Hall–Kier alpha value is -0.610. The van der Waals surface area contributed by atoms with Gasteiger partial charge in [-0.15, -0.1) is 0 Å². The summed E-state index contributed by atoms with van der Waals surface area (Å²) in [6, 6.07) is 0.448. The van der Waals surface area contributed by atoms with Crippen LogP contribution in [0.1, 0.15) is 40.0 Å². The molecule has 0 saturated carbocycles. The van der Waals surface area contributed by atoms with Crippen molar-refractivity contribution in [2.75, 3.05) is 26.2 Å². The van der Waals surface area contributed by atoms with E-state index >= 15 is 0 Å². The molecule has 4 nitrogen and oxygen atoms in total. The highest BCUT2D eigenvalue weighted by molar-refractivity contribution is 5.82. The van der Waals surface area contributed by atoms with Crippen LogP contribution in [-0.4, -0.2) is 49.1 Å². The summed E-state index contributed by atoms with van der Waals surface area (Å²) in [6.07, 6.45) is 3.53. The van der Waals surface area contributed by atoms with Gasteiger partial charge in [-0.05, 0) is 31.6 Å². The molecule has 2 rings (SSSR count). The summed E-state index contributed by atoms with van der Waals surface area (Å²) >= 11 is 0. The fourth-order valence-electron chi connectivity index (χ4n) is 3.13. The highest BCUT2D eigenvalue weighted by Gasteiger charge is 2.39. The van der Waals surface area contributed by atoms with Gasteiger partial charge in [-0.25, -0.2) is 0 Å². The third kappa shape index (κ3) is 2.69. The Balaban J connectivity index is 1.91. The van der Waals surface area contributed by atoms with Gasteiger partial charge in [0.05, 0.1) is 6.04 Å². The number of piperazine rings is 1. The zero-order chi connectivity index (χ0) is 13.2. The molecule has 2 aliphatic heterocycles. The monoisotopic (exact) mass is 253 g/mol. The molecular formula is C14H27N3O. The van der Waals surface area contributed by atoms with Crippen molar-refractivity contribution in [1.82, 2.24) is 15.5 Å². The van der Waals surface area contributed by atoms with Crippen LogP contribution in [0.25, 0.3) is 0 Å². The van der Waals surface area contributed by atoms with Crippen molar-refractivity contribution in [1.29, 1.82) is 0 Å². The molecule has 18 heavy (non-hydrogen) atoms. The molecule has 2 atom stereocenters. The second-order valence-electron chi connectivity index (χ2n) is 5.99. The van der Waals surface area contributed by atoms with Crippen molar-refractivity contribution in [2.45, 2.75) is 52.1 Å². The number of rotatable bonds is 3. The maximum Gasteiger partial charge on any atom is 0.241 e. The van der Waals surface area contributed by atoms with Crippen molar-refractivity contribution in [2.24, 2.45) is 5.41 Å². The zero-order valence-corrected chi connectivity index (χ0v) is 12.0. The standard InChI is InChI=1S/C14H27N3O/c1-4-14(5-2)6-7-17(10-14)13(18)12-9-15-11(3)8-16-12/h11-12,15-16H,4-10H2,1-3H3. The predicted octanol–water partition coefficient (Wildman–Crippen LogP) is 0.975. The lowest BCUT2D eigenvalue weighted by atomic mass is 9.82. The predicted molar refractivity (Wildman–Crippen MR) is 73.5 cm³/mol. The number of hydrogen-bond acceptors (Lipinski definition) is 3. The molecule has 0 aromatic rings. The van der Waals surface area contributed by atoms with E-state index in [9.17, 15) is 4.79 Å². The summed E-state index contributed by atoms with van der Waals surface area (Å²) < 4.78 is 0. The summed E-state index contributed by atoms with van der Waals surface area (Å²) in [4.78, 5) is 14.5. The van der Waals surface area contributed by atoms with Gasteiger partial charge in [-0.3, -0.25) is 4.79 Å². The van der Waals surface area contributed by atoms with Gasteiger partial charge in [0.25, 0.3) is 0 Å². The first-order valence-electron chi connectivity index (χ1n) is 7.36. The van der Waals surface area contributed by atoms with E-state index in [4.69, 9.17) is 0 Å². The molecule has 104 valence electrons. The lowest BCUT2D eigenvalue weighted by molar-refractivity contribution is -0.133. The smallest absolute Gasteiger partial charge is 0.241 e. The maximum atomic E-state index is 12.5. The van der Waals surface area contributed by atoms with Crippen LogP contribution >= 0.6 is 0 Å². The molecule has 0 aromatic carbocycles. The molecule has 0 aromatic heterocycles. The number of nitrogens with one attached hydrogen (secondary N) is 2. The van der Waals surface area contributed by atoms with Crippen molar-refractivity contribution < 1.29 is 4.79 Å². The minimum Gasteiger partial charge on any atom is -0.341 e. The molecule has 4 heteroatoms.